The van der Waals surface area contributed by atoms with Crippen molar-refractivity contribution < 1.29 is 9.18 Å². The molecule has 0 saturated carbocycles. The second-order valence-corrected chi connectivity index (χ2v) is 6.44. The molecule has 1 saturated heterocycles. The quantitative estimate of drug-likeness (QED) is 0.816. The lowest BCUT2D eigenvalue weighted by Gasteiger charge is -2.17. The Kier molecular flexibility index (Phi) is 5.61. The third kappa shape index (κ3) is 4.54. The molecule has 3 nitrogen and oxygen atoms in total. The van der Waals surface area contributed by atoms with Gasteiger partial charge in [-0.1, -0.05) is 36.4 Å². The number of amides is 1. The lowest BCUT2D eigenvalue weighted by Crippen LogP contribution is -2.20. The highest BCUT2D eigenvalue weighted by Gasteiger charge is 2.14. The third-order valence-corrected chi connectivity index (χ3v) is 4.51. The van der Waals surface area contributed by atoms with Gasteiger partial charge >= 0.3 is 0 Å². The van der Waals surface area contributed by atoms with Gasteiger partial charge in [-0.25, -0.2) is 4.39 Å². The molecule has 3 rings (SSSR count). The van der Waals surface area contributed by atoms with Gasteiger partial charge in [0.2, 0.25) is 5.91 Å². The summed E-state index contributed by atoms with van der Waals surface area (Å²) in [5.74, 6) is -0.562. The van der Waals surface area contributed by atoms with Gasteiger partial charge in [0, 0.05) is 23.9 Å². The zero-order chi connectivity index (χ0) is 17.6. The molecule has 0 aliphatic carbocycles. The predicted octanol–water partition coefficient (Wildman–Crippen LogP) is 4.46. The van der Waals surface area contributed by atoms with E-state index in [1.807, 2.05) is 24.3 Å². The number of rotatable bonds is 5. The first-order valence-corrected chi connectivity index (χ1v) is 8.68. The molecule has 1 amide bonds. The van der Waals surface area contributed by atoms with E-state index in [1.54, 1.807) is 25.1 Å². The number of nitrogens with zero attached hydrogens (tertiary/aromatic N) is 1. The summed E-state index contributed by atoms with van der Waals surface area (Å²) in [6.07, 6.45) is 3.92. The van der Waals surface area contributed by atoms with Gasteiger partial charge in [-0.2, -0.15) is 0 Å². The van der Waals surface area contributed by atoms with Gasteiger partial charge < -0.3 is 5.32 Å². The number of carbonyl (C=O) groups is 1. The summed E-state index contributed by atoms with van der Waals surface area (Å²) in [5, 5.41) is 2.94. The highest BCUT2D eigenvalue weighted by atomic mass is 19.1. The number of likely N-dealkylation sites (tertiary alicyclic amines) is 1. The van der Waals surface area contributed by atoms with Crippen molar-refractivity contribution in [3.63, 3.8) is 0 Å². The number of carbonyl (C=O) groups excluding carboxylic acids is 1. The van der Waals surface area contributed by atoms with Crippen LogP contribution in [0.3, 0.4) is 0 Å². The highest BCUT2D eigenvalue weighted by molar-refractivity contribution is 6.04. The van der Waals surface area contributed by atoms with Crippen LogP contribution in [0.4, 0.5) is 10.1 Å². The van der Waals surface area contributed by atoms with Crippen molar-refractivity contribution in [3.05, 3.63) is 71.6 Å². The lowest BCUT2D eigenvalue weighted by molar-refractivity contribution is -0.111. The number of benzene rings is 2. The fourth-order valence-electron chi connectivity index (χ4n) is 3.19. The first kappa shape index (κ1) is 17.4. The van der Waals surface area contributed by atoms with Crippen LogP contribution in [-0.4, -0.2) is 23.9 Å². The minimum absolute atomic E-state index is 0.241. The van der Waals surface area contributed by atoms with E-state index in [9.17, 15) is 9.18 Å². The van der Waals surface area contributed by atoms with Crippen LogP contribution in [0.1, 0.15) is 30.9 Å². The summed E-state index contributed by atoms with van der Waals surface area (Å²) >= 11 is 0. The number of nitrogens with one attached hydrogen (secondary N) is 1. The van der Waals surface area contributed by atoms with Gasteiger partial charge in [0.25, 0.3) is 0 Å². The average molecular weight is 338 g/mol. The SMILES string of the molecule is CC(=CC(=O)Nc1ccccc1CN1CCCC1)c1ccccc1F. The Hall–Kier alpha value is -2.46. The van der Waals surface area contributed by atoms with Crippen LogP contribution in [0.2, 0.25) is 0 Å². The van der Waals surface area contributed by atoms with Crippen molar-refractivity contribution >= 4 is 17.2 Å². The fraction of sp³-hybridized carbons (Fsp3) is 0.286. The summed E-state index contributed by atoms with van der Waals surface area (Å²) in [6.45, 7) is 4.80. The summed E-state index contributed by atoms with van der Waals surface area (Å²) in [5.41, 5.74) is 2.97. The average Bonchev–Trinajstić information content (AvgIpc) is 3.10. The topological polar surface area (TPSA) is 32.3 Å². The number of hydrogen-bond donors (Lipinski definition) is 1. The molecule has 0 bridgehead atoms. The van der Waals surface area contributed by atoms with Crippen molar-refractivity contribution in [3.8, 4) is 0 Å². The van der Waals surface area contributed by atoms with Crippen molar-refractivity contribution in [1.82, 2.24) is 4.90 Å². The van der Waals surface area contributed by atoms with E-state index in [0.717, 1.165) is 30.9 Å². The van der Waals surface area contributed by atoms with E-state index >= 15 is 0 Å². The Bertz CT molecular complexity index is 779. The molecule has 25 heavy (non-hydrogen) atoms. The van der Waals surface area contributed by atoms with Gasteiger partial charge in [-0.3, -0.25) is 9.69 Å². The van der Waals surface area contributed by atoms with Crippen molar-refractivity contribution in [2.24, 2.45) is 0 Å². The van der Waals surface area contributed by atoms with Crippen LogP contribution in [-0.2, 0) is 11.3 Å². The van der Waals surface area contributed by atoms with E-state index in [2.05, 4.69) is 10.2 Å². The maximum atomic E-state index is 13.8. The molecule has 0 radical (unpaired) electrons. The first-order valence-electron chi connectivity index (χ1n) is 8.68. The van der Waals surface area contributed by atoms with Crippen LogP contribution in [0.15, 0.2) is 54.6 Å². The molecule has 1 aliphatic rings. The Morgan fingerprint density at radius 3 is 2.56 bits per heavy atom. The van der Waals surface area contributed by atoms with E-state index in [0.29, 0.717) is 11.1 Å². The van der Waals surface area contributed by atoms with Crippen molar-refractivity contribution in [1.29, 1.82) is 0 Å². The minimum Gasteiger partial charge on any atom is -0.322 e. The van der Waals surface area contributed by atoms with Crippen LogP contribution >= 0.6 is 0 Å². The van der Waals surface area contributed by atoms with Crippen LogP contribution in [0.25, 0.3) is 5.57 Å². The molecule has 2 aromatic rings. The molecular formula is C21H23FN2O. The van der Waals surface area contributed by atoms with E-state index < -0.39 is 0 Å². The van der Waals surface area contributed by atoms with Gasteiger partial charge in [0.15, 0.2) is 0 Å². The van der Waals surface area contributed by atoms with Gasteiger partial charge in [-0.05, 0) is 56.1 Å². The zero-order valence-electron chi connectivity index (χ0n) is 14.5. The molecule has 4 heteroatoms. The Morgan fingerprint density at radius 1 is 1.12 bits per heavy atom. The standard InChI is InChI=1S/C21H23FN2O/c1-16(18-9-3-4-10-19(18)22)14-21(25)23-20-11-5-2-8-17(20)15-24-12-6-7-13-24/h2-5,8-11,14H,6-7,12-13,15H2,1H3,(H,23,25). The molecule has 2 aromatic carbocycles. The Labute approximate surface area is 148 Å². The normalized spacial score (nSPS) is 15.4. The molecular weight excluding hydrogens is 315 g/mol. The molecule has 0 aromatic heterocycles. The van der Waals surface area contributed by atoms with Crippen molar-refractivity contribution in [2.45, 2.75) is 26.3 Å². The molecule has 1 heterocycles. The Morgan fingerprint density at radius 2 is 1.80 bits per heavy atom. The second kappa shape index (κ2) is 8.08. The largest absolute Gasteiger partial charge is 0.322 e. The second-order valence-electron chi connectivity index (χ2n) is 6.44. The van der Waals surface area contributed by atoms with E-state index in [-0.39, 0.29) is 11.7 Å². The van der Waals surface area contributed by atoms with Gasteiger partial charge in [0.1, 0.15) is 5.82 Å². The summed E-state index contributed by atoms with van der Waals surface area (Å²) in [4.78, 5) is 14.8. The maximum Gasteiger partial charge on any atom is 0.248 e. The maximum absolute atomic E-state index is 13.8. The van der Waals surface area contributed by atoms with Gasteiger partial charge in [-0.15, -0.1) is 0 Å². The molecule has 0 atom stereocenters. The number of allylic oxidation sites excluding steroid dienone is 1. The zero-order valence-corrected chi connectivity index (χ0v) is 14.5. The number of anilines is 1. The minimum atomic E-state index is -0.321. The van der Waals surface area contributed by atoms with E-state index in [4.69, 9.17) is 0 Å². The van der Waals surface area contributed by atoms with Crippen LogP contribution in [0, 0.1) is 5.82 Å². The van der Waals surface area contributed by atoms with Crippen LogP contribution in [0.5, 0.6) is 0 Å². The van der Waals surface area contributed by atoms with Crippen LogP contribution < -0.4 is 5.32 Å². The number of para-hydroxylation sites is 1. The molecule has 0 spiro atoms. The van der Waals surface area contributed by atoms with Crippen molar-refractivity contribution in [2.75, 3.05) is 18.4 Å². The number of hydrogen-bond acceptors (Lipinski definition) is 2. The summed E-state index contributed by atoms with van der Waals surface area (Å²) in [7, 11) is 0. The predicted molar refractivity (Wildman–Crippen MR) is 99.6 cm³/mol. The first-order chi connectivity index (χ1) is 12.1. The summed E-state index contributed by atoms with van der Waals surface area (Å²) < 4.78 is 13.8. The monoisotopic (exact) mass is 338 g/mol. The number of halogens is 1. The molecule has 0 unspecified atom stereocenters. The Balaban J connectivity index is 1.72. The smallest absolute Gasteiger partial charge is 0.248 e. The summed E-state index contributed by atoms with van der Waals surface area (Å²) in [6, 6.07) is 14.3. The fourth-order valence-corrected chi connectivity index (χ4v) is 3.19. The molecule has 1 aliphatic heterocycles. The third-order valence-electron chi connectivity index (χ3n) is 4.51. The van der Waals surface area contributed by atoms with E-state index in [1.165, 1.54) is 25.0 Å². The molecule has 1 fully saturated rings. The lowest BCUT2D eigenvalue weighted by atomic mass is 10.1. The molecule has 130 valence electrons. The highest BCUT2D eigenvalue weighted by Crippen LogP contribution is 2.21. The molecule has 1 N–H and O–H groups in total. The van der Waals surface area contributed by atoms with Gasteiger partial charge in [0.05, 0.1) is 0 Å².